The molecule has 0 saturated heterocycles. The van der Waals surface area contributed by atoms with Crippen LogP contribution in [0.25, 0.3) is 0 Å². The van der Waals surface area contributed by atoms with Gasteiger partial charge in [-0.2, -0.15) is 0 Å². The zero-order valence-corrected chi connectivity index (χ0v) is 14.5. The van der Waals surface area contributed by atoms with Crippen LogP contribution in [0.3, 0.4) is 0 Å². The summed E-state index contributed by atoms with van der Waals surface area (Å²) in [6.45, 7) is 1.84. The SMILES string of the molecule is Cc1cccc(NC(=O)c2ccc(N3C(=O)c4ccccc4C3=O)cc2)n1. The van der Waals surface area contributed by atoms with Crippen molar-refractivity contribution in [2.45, 2.75) is 6.92 Å². The summed E-state index contributed by atoms with van der Waals surface area (Å²) < 4.78 is 0. The zero-order valence-electron chi connectivity index (χ0n) is 14.5. The molecule has 0 fully saturated rings. The Hall–Kier alpha value is -3.80. The van der Waals surface area contributed by atoms with Gasteiger partial charge in [-0.3, -0.25) is 14.4 Å². The lowest BCUT2D eigenvalue weighted by molar-refractivity contribution is 0.0925. The summed E-state index contributed by atoms with van der Waals surface area (Å²) in [6.07, 6.45) is 0. The monoisotopic (exact) mass is 357 g/mol. The Balaban J connectivity index is 1.55. The number of rotatable bonds is 3. The molecule has 0 aliphatic carbocycles. The Morgan fingerprint density at radius 2 is 1.48 bits per heavy atom. The lowest BCUT2D eigenvalue weighted by atomic mass is 10.1. The van der Waals surface area contributed by atoms with Crippen LogP contribution in [-0.4, -0.2) is 22.7 Å². The maximum absolute atomic E-state index is 12.5. The number of fused-ring (bicyclic) bond motifs is 1. The van der Waals surface area contributed by atoms with E-state index in [1.807, 2.05) is 19.1 Å². The van der Waals surface area contributed by atoms with E-state index in [9.17, 15) is 14.4 Å². The van der Waals surface area contributed by atoms with Crippen LogP contribution in [0.1, 0.15) is 36.8 Å². The molecule has 6 heteroatoms. The first kappa shape index (κ1) is 16.7. The standard InChI is InChI=1S/C21H15N3O3/c1-13-5-4-8-18(22-13)23-19(25)14-9-11-15(12-10-14)24-20(26)16-6-2-3-7-17(16)21(24)27/h2-12H,1H3,(H,22,23,25). The molecule has 3 amide bonds. The highest BCUT2D eigenvalue weighted by Crippen LogP contribution is 2.28. The molecule has 1 aromatic heterocycles. The number of hydrogen-bond donors (Lipinski definition) is 1. The van der Waals surface area contributed by atoms with Crippen LogP contribution in [0, 0.1) is 6.92 Å². The van der Waals surface area contributed by atoms with E-state index >= 15 is 0 Å². The van der Waals surface area contributed by atoms with E-state index in [2.05, 4.69) is 10.3 Å². The first-order valence-corrected chi connectivity index (χ1v) is 8.37. The molecule has 1 aliphatic heterocycles. The maximum atomic E-state index is 12.5. The average molecular weight is 357 g/mol. The van der Waals surface area contributed by atoms with Crippen molar-refractivity contribution in [3.05, 3.63) is 89.1 Å². The number of aromatic nitrogens is 1. The smallest absolute Gasteiger partial charge is 0.266 e. The molecule has 4 rings (SSSR count). The average Bonchev–Trinajstić information content (AvgIpc) is 2.93. The van der Waals surface area contributed by atoms with Crippen molar-refractivity contribution in [2.75, 3.05) is 10.2 Å². The summed E-state index contributed by atoms with van der Waals surface area (Å²) in [7, 11) is 0. The highest BCUT2D eigenvalue weighted by Gasteiger charge is 2.36. The molecule has 6 nitrogen and oxygen atoms in total. The van der Waals surface area contributed by atoms with Gasteiger partial charge in [0, 0.05) is 11.3 Å². The number of hydrogen-bond acceptors (Lipinski definition) is 4. The van der Waals surface area contributed by atoms with Crippen molar-refractivity contribution < 1.29 is 14.4 Å². The van der Waals surface area contributed by atoms with Gasteiger partial charge in [0.15, 0.2) is 0 Å². The Morgan fingerprint density at radius 1 is 0.852 bits per heavy atom. The normalized spacial score (nSPS) is 12.9. The molecule has 3 aromatic rings. The van der Waals surface area contributed by atoms with Crippen LogP contribution < -0.4 is 10.2 Å². The van der Waals surface area contributed by atoms with Crippen LogP contribution in [0.15, 0.2) is 66.7 Å². The Kier molecular flexibility index (Phi) is 4.01. The van der Waals surface area contributed by atoms with E-state index in [1.165, 1.54) is 0 Å². The van der Waals surface area contributed by atoms with Crippen LogP contribution >= 0.6 is 0 Å². The minimum atomic E-state index is -0.364. The predicted molar refractivity (Wildman–Crippen MR) is 101 cm³/mol. The van der Waals surface area contributed by atoms with Crippen LogP contribution in [0.2, 0.25) is 0 Å². The highest BCUT2D eigenvalue weighted by atomic mass is 16.2. The molecule has 2 aromatic carbocycles. The fourth-order valence-corrected chi connectivity index (χ4v) is 2.99. The lowest BCUT2D eigenvalue weighted by Gasteiger charge is -2.14. The fraction of sp³-hybridized carbons (Fsp3) is 0.0476. The molecule has 0 bridgehead atoms. The predicted octanol–water partition coefficient (Wildman–Crippen LogP) is 3.44. The number of aryl methyl sites for hydroxylation is 1. The fourth-order valence-electron chi connectivity index (χ4n) is 2.99. The molecule has 1 N–H and O–H groups in total. The number of pyridine rings is 1. The summed E-state index contributed by atoms with van der Waals surface area (Å²) in [5, 5.41) is 2.72. The molecule has 2 heterocycles. The van der Waals surface area contributed by atoms with E-state index < -0.39 is 0 Å². The Bertz CT molecular complexity index is 1040. The second-order valence-electron chi connectivity index (χ2n) is 6.16. The van der Waals surface area contributed by atoms with Crippen molar-refractivity contribution in [3.8, 4) is 0 Å². The lowest BCUT2D eigenvalue weighted by Crippen LogP contribution is -2.29. The summed E-state index contributed by atoms with van der Waals surface area (Å²) in [4.78, 5) is 42.8. The topological polar surface area (TPSA) is 79.4 Å². The highest BCUT2D eigenvalue weighted by molar-refractivity contribution is 6.34. The van der Waals surface area contributed by atoms with Gasteiger partial charge < -0.3 is 5.32 Å². The van der Waals surface area contributed by atoms with E-state index in [0.717, 1.165) is 10.6 Å². The van der Waals surface area contributed by atoms with E-state index in [4.69, 9.17) is 0 Å². The minimum Gasteiger partial charge on any atom is -0.307 e. The van der Waals surface area contributed by atoms with Gasteiger partial charge in [-0.25, -0.2) is 9.88 Å². The maximum Gasteiger partial charge on any atom is 0.266 e. The van der Waals surface area contributed by atoms with E-state index in [-0.39, 0.29) is 17.7 Å². The van der Waals surface area contributed by atoms with Crippen molar-refractivity contribution >= 4 is 29.2 Å². The molecular weight excluding hydrogens is 342 g/mol. The van der Waals surface area contributed by atoms with Crippen molar-refractivity contribution in [1.29, 1.82) is 0 Å². The van der Waals surface area contributed by atoms with Crippen LogP contribution in [0.4, 0.5) is 11.5 Å². The van der Waals surface area contributed by atoms with Crippen molar-refractivity contribution in [3.63, 3.8) is 0 Å². The number of nitrogens with zero attached hydrogens (tertiary/aromatic N) is 2. The van der Waals surface area contributed by atoms with Gasteiger partial charge in [-0.1, -0.05) is 18.2 Å². The second kappa shape index (κ2) is 6.49. The molecule has 0 saturated carbocycles. The van der Waals surface area contributed by atoms with Gasteiger partial charge in [-0.05, 0) is 55.5 Å². The van der Waals surface area contributed by atoms with Crippen molar-refractivity contribution in [1.82, 2.24) is 4.98 Å². The number of benzene rings is 2. The molecule has 0 unspecified atom stereocenters. The van der Waals surface area contributed by atoms with Crippen LogP contribution in [-0.2, 0) is 0 Å². The molecule has 0 spiro atoms. The third-order valence-corrected chi connectivity index (χ3v) is 4.31. The molecule has 27 heavy (non-hydrogen) atoms. The van der Waals surface area contributed by atoms with Gasteiger partial charge in [0.2, 0.25) is 0 Å². The number of carbonyl (C=O) groups excluding carboxylic acids is 3. The number of nitrogens with one attached hydrogen (secondary N) is 1. The largest absolute Gasteiger partial charge is 0.307 e. The zero-order chi connectivity index (χ0) is 19.0. The quantitative estimate of drug-likeness (QED) is 0.728. The third-order valence-electron chi connectivity index (χ3n) is 4.31. The first-order valence-electron chi connectivity index (χ1n) is 8.37. The van der Waals surface area contributed by atoms with Gasteiger partial charge >= 0.3 is 0 Å². The molecule has 0 atom stereocenters. The van der Waals surface area contributed by atoms with Gasteiger partial charge in [0.05, 0.1) is 16.8 Å². The summed E-state index contributed by atoms with van der Waals surface area (Å²) >= 11 is 0. The Morgan fingerprint density at radius 3 is 2.07 bits per heavy atom. The van der Waals surface area contributed by atoms with E-state index in [0.29, 0.717) is 28.2 Å². The molecular formula is C21H15N3O3. The molecule has 132 valence electrons. The van der Waals surface area contributed by atoms with E-state index in [1.54, 1.807) is 54.6 Å². The number of anilines is 2. The third kappa shape index (κ3) is 2.97. The number of imide groups is 1. The van der Waals surface area contributed by atoms with Gasteiger partial charge in [0.1, 0.15) is 5.82 Å². The summed E-state index contributed by atoms with van der Waals surface area (Å²) in [5.74, 6) is -0.583. The summed E-state index contributed by atoms with van der Waals surface area (Å²) in [5.41, 5.74) is 2.39. The number of carbonyl (C=O) groups is 3. The molecule has 1 aliphatic rings. The summed E-state index contributed by atoms with van der Waals surface area (Å²) in [6, 6.07) is 18.4. The first-order chi connectivity index (χ1) is 13.0. The van der Waals surface area contributed by atoms with Gasteiger partial charge in [0.25, 0.3) is 17.7 Å². The van der Waals surface area contributed by atoms with Crippen LogP contribution in [0.5, 0.6) is 0 Å². The number of amides is 3. The molecule has 0 radical (unpaired) electrons. The minimum absolute atomic E-state index is 0.318. The van der Waals surface area contributed by atoms with Crippen molar-refractivity contribution in [2.24, 2.45) is 0 Å². The second-order valence-corrected chi connectivity index (χ2v) is 6.16. The Labute approximate surface area is 155 Å². The van der Waals surface area contributed by atoms with Gasteiger partial charge in [-0.15, -0.1) is 0 Å².